The molecule has 8 N–H and O–H groups in total. The van der Waals surface area contributed by atoms with E-state index in [2.05, 4.69) is 26.6 Å². The lowest BCUT2D eigenvalue weighted by Gasteiger charge is -2.34. The summed E-state index contributed by atoms with van der Waals surface area (Å²) in [5.41, 5.74) is 4.97. The maximum atomic E-state index is 14.4. The fourth-order valence-electron chi connectivity index (χ4n) is 7.09. The lowest BCUT2D eigenvalue weighted by atomic mass is 9.85. The summed E-state index contributed by atoms with van der Waals surface area (Å²) in [5.74, 6) is -6.11. The van der Waals surface area contributed by atoms with Gasteiger partial charge in [-0.05, 0) is 79.5 Å². The van der Waals surface area contributed by atoms with E-state index in [4.69, 9.17) is 14.8 Å². The number of carbonyl (C=O) groups is 7. The van der Waals surface area contributed by atoms with E-state index in [9.17, 15) is 43.2 Å². The number of aromatic hydroxyl groups is 1. The molecule has 1 fully saturated rings. The van der Waals surface area contributed by atoms with Crippen LogP contribution in [0.15, 0.2) is 84.9 Å². The lowest BCUT2D eigenvalue weighted by Crippen LogP contribution is -2.62. The zero-order valence-electron chi connectivity index (χ0n) is 37.9. The molecule has 0 aromatic heterocycles. The summed E-state index contributed by atoms with van der Waals surface area (Å²) in [4.78, 5) is 95.7. The Hall–Kier alpha value is -6.42. The minimum Gasteiger partial charge on any atom is -0.508 e. The maximum absolute atomic E-state index is 14.4. The number of nitrogens with zero attached hydrogens (tertiary/aromatic N) is 1. The molecule has 0 radical (unpaired) electrons. The van der Waals surface area contributed by atoms with Gasteiger partial charge in [0.25, 0.3) is 0 Å². The Morgan fingerprint density at radius 3 is 1.80 bits per heavy atom. The Morgan fingerprint density at radius 1 is 0.754 bits per heavy atom. The second kappa shape index (κ2) is 23.0. The van der Waals surface area contributed by atoms with Crippen LogP contribution < -0.4 is 41.4 Å². The number of primary amides is 1. The van der Waals surface area contributed by atoms with Gasteiger partial charge in [0.15, 0.2) is 5.78 Å². The predicted molar refractivity (Wildman–Crippen MR) is 242 cm³/mol. The van der Waals surface area contributed by atoms with Crippen LogP contribution in [0.1, 0.15) is 79.7 Å². The number of hydrogen-bond acceptors (Lipinski definition) is 11. The SMILES string of the molecule is CC(=O)N1CCCC1C(=O)NC(C(=O)NC(Cc1ccc(O)cc1)C(=O)NC(C(=O)NC(CCC(N)=O)C(=O)NC(C)P(=O)(Oc1ccccc1)Oc1ccccc1)C(C)(C)C)C(C)C. The Morgan fingerprint density at radius 2 is 1.29 bits per heavy atom. The molecule has 0 saturated carbocycles. The largest absolute Gasteiger partial charge is 0.508 e. The molecule has 352 valence electrons. The van der Waals surface area contributed by atoms with E-state index >= 15 is 0 Å². The van der Waals surface area contributed by atoms with Crippen LogP contribution in [0, 0.1) is 11.3 Å². The molecular formula is C46H62N7O11P. The second-order valence-electron chi connectivity index (χ2n) is 17.4. The number of phenolic OH excluding ortho intramolecular Hbond substituents is 1. The van der Waals surface area contributed by atoms with Crippen molar-refractivity contribution in [1.82, 2.24) is 31.5 Å². The molecule has 4 rings (SSSR count). The third-order valence-electron chi connectivity index (χ3n) is 10.7. The number of nitrogens with two attached hydrogens (primary N) is 1. The third-order valence-corrected chi connectivity index (χ3v) is 12.7. The molecule has 65 heavy (non-hydrogen) atoms. The second-order valence-corrected chi connectivity index (χ2v) is 19.7. The molecule has 6 atom stereocenters. The van der Waals surface area contributed by atoms with Crippen LogP contribution in [0.2, 0.25) is 0 Å². The normalized spacial score (nSPS) is 16.2. The molecule has 1 saturated heterocycles. The molecule has 3 aromatic rings. The monoisotopic (exact) mass is 919 g/mol. The van der Waals surface area contributed by atoms with Crippen LogP contribution in [0.25, 0.3) is 0 Å². The Kier molecular flexibility index (Phi) is 18.1. The topological polar surface area (TPSA) is 265 Å². The summed E-state index contributed by atoms with van der Waals surface area (Å²) in [5, 5.41) is 23.4. The molecule has 1 heterocycles. The third kappa shape index (κ3) is 15.1. The molecule has 1 aliphatic rings. The van der Waals surface area contributed by atoms with Crippen LogP contribution in [0.5, 0.6) is 17.2 Å². The van der Waals surface area contributed by atoms with Gasteiger partial charge in [0, 0.05) is 26.3 Å². The Balaban J connectivity index is 1.58. The smallest absolute Gasteiger partial charge is 0.452 e. The van der Waals surface area contributed by atoms with E-state index in [1.807, 2.05) is 0 Å². The number of rotatable bonds is 21. The average Bonchev–Trinajstić information content (AvgIpc) is 3.75. The van der Waals surface area contributed by atoms with E-state index in [1.54, 1.807) is 107 Å². The molecule has 18 nitrogen and oxygen atoms in total. The Labute approximate surface area is 379 Å². The van der Waals surface area contributed by atoms with Crippen molar-refractivity contribution in [3.05, 3.63) is 90.5 Å². The van der Waals surface area contributed by atoms with E-state index in [0.717, 1.165) is 0 Å². The summed E-state index contributed by atoms with van der Waals surface area (Å²) in [6.07, 6.45) is 0.336. The fourth-order valence-corrected chi connectivity index (χ4v) is 8.56. The highest BCUT2D eigenvalue weighted by molar-refractivity contribution is 7.55. The van der Waals surface area contributed by atoms with Crippen molar-refractivity contribution in [2.45, 2.75) is 117 Å². The predicted octanol–water partition coefficient (Wildman–Crippen LogP) is 3.67. The van der Waals surface area contributed by atoms with Gasteiger partial charge in [0.1, 0.15) is 47.5 Å². The van der Waals surface area contributed by atoms with E-state index in [0.29, 0.717) is 24.9 Å². The summed E-state index contributed by atoms with van der Waals surface area (Å²) in [7, 11) is -4.25. The van der Waals surface area contributed by atoms with Gasteiger partial charge in [-0.1, -0.05) is 83.1 Å². The summed E-state index contributed by atoms with van der Waals surface area (Å²) in [6, 6.07) is 16.3. The van der Waals surface area contributed by atoms with Gasteiger partial charge in [-0.2, -0.15) is 0 Å². The van der Waals surface area contributed by atoms with Crippen molar-refractivity contribution in [2.24, 2.45) is 17.1 Å². The molecular weight excluding hydrogens is 858 g/mol. The van der Waals surface area contributed by atoms with Crippen molar-refractivity contribution in [3.63, 3.8) is 0 Å². The van der Waals surface area contributed by atoms with Crippen molar-refractivity contribution in [1.29, 1.82) is 0 Å². The average molecular weight is 920 g/mol. The summed E-state index contributed by atoms with van der Waals surface area (Å²) >= 11 is 0. The molecule has 19 heteroatoms. The number of carbonyl (C=O) groups excluding carboxylic acids is 7. The molecule has 7 amide bonds. The zero-order valence-corrected chi connectivity index (χ0v) is 38.8. The molecule has 1 aliphatic heterocycles. The van der Waals surface area contributed by atoms with E-state index < -0.39 is 90.4 Å². The van der Waals surface area contributed by atoms with Gasteiger partial charge in [0.05, 0.1) is 0 Å². The zero-order chi connectivity index (χ0) is 48.1. The first-order valence-corrected chi connectivity index (χ1v) is 23.1. The Bertz CT molecular complexity index is 2140. The highest BCUT2D eigenvalue weighted by Gasteiger charge is 2.41. The van der Waals surface area contributed by atoms with Crippen molar-refractivity contribution in [2.75, 3.05) is 6.54 Å². The number of likely N-dealkylation sites (tertiary alicyclic amines) is 1. The number of amides is 7. The first-order valence-electron chi connectivity index (χ1n) is 21.5. The highest BCUT2D eigenvalue weighted by Crippen LogP contribution is 2.51. The number of hydrogen-bond donors (Lipinski definition) is 7. The minimum absolute atomic E-state index is 0.0306. The van der Waals surface area contributed by atoms with Gasteiger partial charge in [0.2, 0.25) is 41.4 Å². The fraction of sp³-hybridized carbons (Fsp3) is 0.457. The number of para-hydroxylation sites is 2. The van der Waals surface area contributed by atoms with Crippen molar-refractivity contribution < 1.29 is 52.3 Å². The van der Waals surface area contributed by atoms with Crippen LogP contribution >= 0.6 is 7.60 Å². The van der Waals surface area contributed by atoms with Gasteiger partial charge >= 0.3 is 7.60 Å². The quantitative estimate of drug-likeness (QED) is 0.0759. The summed E-state index contributed by atoms with van der Waals surface area (Å²) < 4.78 is 26.2. The molecule has 6 unspecified atom stereocenters. The highest BCUT2D eigenvalue weighted by atomic mass is 31.2. The number of nitrogens with one attached hydrogen (secondary N) is 5. The van der Waals surface area contributed by atoms with Crippen LogP contribution in [-0.2, 0) is 44.5 Å². The van der Waals surface area contributed by atoms with E-state index in [-0.39, 0.29) is 42.4 Å². The van der Waals surface area contributed by atoms with Crippen LogP contribution in [0.3, 0.4) is 0 Å². The van der Waals surface area contributed by atoms with Gasteiger partial charge < -0.3 is 51.4 Å². The van der Waals surface area contributed by atoms with Gasteiger partial charge in [-0.25, -0.2) is 4.57 Å². The first kappa shape index (κ1) is 51.2. The minimum atomic E-state index is -4.25. The van der Waals surface area contributed by atoms with Crippen LogP contribution in [-0.4, -0.2) is 93.9 Å². The van der Waals surface area contributed by atoms with Crippen molar-refractivity contribution >= 4 is 48.9 Å². The number of phenols is 1. The molecule has 0 aliphatic carbocycles. The van der Waals surface area contributed by atoms with Crippen molar-refractivity contribution in [3.8, 4) is 17.2 Å². The molecule has 0 bridgehead atoms. The van der Waals surface area contributed by atoms with E-state index in [1.165, 1.54) is 30.9 Å². The van der Waals surface area contributed by atoms with Crippen LogP contribution in [0.4, 0.5) is 0 Å². The van der Waals surface area contributed by atoms with Gasteiger partial charge in [-0.3, -0.25) is 33.6 Å². The number of benzene rings is 3. The lowest BCUT2D eigenvalue weighted by molar-refractivity contribution is -0.139. The first-order chi connectivity index (χ1) is 30.6. The molecule has 0 spiro atoms. The molecule has 3 aromatic carbocycles. The van der Waals surface area contributed by atoms with Gasteiger partial charge in [-0.15, -0.1) is 0 Å². The summed E-state index contributed by atoms with van der Waals surface area (Å²) in [6.45, 7) is 11.6. The maximum Gasteiger partial charge on any atom is 0.452 e. The standard InChI is InChI=1S/C46H62N7O11P/c1-28(2)39(51-43(59)37-19-14-26-53(37)30(4)54)44(60)50-36(27-31-20-22-32(55)23-21-31)42(58)52-40(46(5,6)7)45(61)49-35(24-25-38(47)56)41(57)48-29(3)65(62,63-33-15-10-8-11-16-33)64-34-17-12-9-13-18-34/h8-13,15-18,20-23,28-29,35-37,39-40,55H,14,19,24-27H2,1-7H3,(H2,47,56)(H,48,57)(H,49,61)(H,50,60)(H,51,59)(H,52,58).